The van der Waals surface area contributed by atoms with Crippen LogP contribution in [-0.4, -0.2) is 40.6 Å². The van der Waals surface area contributed by atoms with E-state index < -0.39 is 0 Å². The van der Waals surface area contributed by atoms with Crippen LogP contribution in [0.1, 0.15) is 18.4 Å². The van der Waals surface area contributed by atoms with Crippen LogP contribution in [0, 0.1) is 0 Å². The fourth-order valence-electron chi connectivity index (χ4n) is 2.45. The first-order valence-corrected chi connectivity index (χ1v) is 5.44. The van der Waals surface area contributed by atoms with Gasteiger partial charge < -0.3 is 9.64 Å². The molecule has 15 heavy (non-hydrogen) atoms. The number of piperidine rings is 1. The topological polar surface area (TPSA) is 38.2 Å². The second-order valence-electron chi connectivity index (χ2n) is 4.62. The number of hydrogen-bond acceptors (Lipinski definition) is 4. The van der Waals surface area contributed by atoms with Crippen LogP contribution < -0.4 is 4.74 Å². The monoisotopic (exact) mass is 205 g/mol. The van der Waals surface area contributed by atoms with Gasteiger partial charge in [0.2, 0.25) is 5.88 Å². The third kappa shape index (κ3) is 1.49. The zero-order valence-electron chi connectivity index (χ0n) is 8.94. The molecule has 0 radical (unpaired) electrons. The van der Waals surface area contributed by atoms with Gasteiger partial charge in [0, 0.05) is 44.1 Å². The van der Waals surface area contributed by atoms with E-state index in [1.807, 2.05) is 6.20 Å². The van der Waals surface area contributed by atoms with Gasteiger partial charge in [0.15, 0.2) is 0 Å². The van der Waals surface area contributed by atoms with E-state index in [2.05, 4.69) is 21.9 Å². The second-order valence-corrected chi connectivity index (χ2v) is 4.62. The molecule has 1 spiro atoms. The Morgan fingerprint density at radius 3 is 2.93 bits per heavy atom. The van der Waals surface area contributed by atoms with Crippen molar-refractivity contribution < 1.29 is 4.74 Å². The highest BCUT2D eigenvalue weighted by Gasteiger charge is 2.42. The van der Waals surface area contributed by atoms with Crippen molar-refractivity contribution in [2.24, 2.45) is 0 Å². The van der Waals surface area contributed by atoms with Crippen molar-refractivity contribution in [1.82, 2.24) is 14.9 Å². The van der Waals surface area contributed by atoms with Crippen LogP contribution in [0.4, 0.5) is 0 Å². The molecular weight excluding hydrogens is 190 g/mol. The molecule has 0 unspecified atom stereocenters. The third-order valence-corrected chi connectivity index (χ3v) is 3.47. The molecule has 1 aromatic heterocycles. The molecule has 4 heteroatoms. The summed E-state index contributed by atoms with van der Waals surface area (Å²) in [6, 6.07) is 0. The predicted molar refractivity (Wildman–Crippen MR) is 55.8 cm³/mol. The molecule has 0 N–H and O–H groups in total. The summed E-state index contributed by atoms with van der Waals surface area (Å²) in [5, 5.41) is 0. The number of ether oxygens (including phenoxy) is 1. The number of nitrogens with zero attached hydrogens (tertiary/aromatic N) is 3. The molecule has 1 saturated heterocycles. The lowest BCUT2D eigenvalue weighted by Crippen LogP contribution is -2.45. The van der Waals surface area contributed by atoms with Crippen LogP contribution in [0.25, 0.3) is 0 Å². The largest absolute Gasteiger partial charge is 0.470 e. The van der Waals surface area contributed by atoms with Crippen LogP contribution in [0.3, 0.4) is 0 Å². The van der Waals surface area contributed by atoms with Gasteiger partial charge in [0.25, 0.3) is 0 Å². The quantitative estimate of drug-likeness (QED) is 0.630. The summed E-state index contributed by atoms with van der Waals surface area (Å²) in [6.07, 6.45) is 6.62. The van der Waals surface area contributed by atoms with Gasteiger partial charge in [0.05, 0.1) is 0 Å². The minimum absolute atomic E-state index is 0.0187. The van der Waals surface area contributed by atoms with Crippen LogP contribution in [-0.2, 0) is 6.42 Å². The van der Waals surface area contributed by atoms with Gasteiger partial charge in [-0.2, -0.15) is 0 Å². The van der Waals surface area contributed by atoms with Crippen molar-refractivity contribution in [3.8, 4) is 5.88 Å². The van der Waals surface area contributed by atoms with Gasteiger partial charge in [0.1, 0.15) is 11.9 Å². The fraction of sp³-hybridized carbons (Fsp3) is 0.636. The van der Waals surface area contributed by atoms with Gasteiger partial charge >= 0.3 is 0 Å². The average molecular weight is 205 g/mol. The fourth-order valence-corrected chi connectivity index (χ4v) is 2.45. The van der Waals surface area contributed by atoms with E-state index in [1.54, 1.807) is 6.33 Å². The van der Waals surface area contributed by atoms with E-state index in [0.717, 1.165) is 38.2 Å². The molecule has 1 fully saturated rings. The lowest BCUT2D eigenvalue weighted by Gasteiger charge is -2.36. The smallest absolute Gasteiger partial charge is 0.220 e. The molecular formula is C11H15N3O. The first-order valence-electron chi connectivity index (χ1n) is 5.44. The number of aromatic nitrogens is 2. The Kier molecular flexibility index (Phi) is 1.92. The molecule has 2 aliphatic heterocycles. The van der Waals surface area contributed by atoms with Crippen molar-refractivity contribution in [1.29, 1.82) is 0 Å². The van der Waals surface area contributed by atoms with Crippen molar-refractivity contribution in [2.45, 2.75) is 24.9 Å². The molecule has 0 aliphatic carbocycles. The van der Waals surface area contributed by atoms with E-state index in [0.29, 0.717) is 0 Å². The molecule has 80 valence electrons. The highest BCUT2D eigenvalue weighted by molar-refractivity contribution is 5.30. The molecule has 4 nitrogen and oxygen atoms in total. The van der Waals surface area contributed by atoms with Gasteiger partial charge in [-0.1, -0.05) is 0 Å². The van der Waals surface area contributed by atoms with E-state index in [-0.39, 0.29) is 5.60 Å². The normalized spacial score (nSPS) is 23.8. The summed E-state index contributed by atoms with van der Waals surface area (Å²) in [5.74, 6) is 0.801. The van der Waals surface area contributed by atoms with Crippen molar-refractivity contribution >= 4 is 0 Å². The Morgan fingerprint density at radius 1 is 1.40 bits per heavy atom. The molecule has 0 amide bonds. The predicted octanol–water partition coefficient (Wildman–Crippen LogP) is 0.876. The van der Waals surface area contributed by atoms with Crippen molar-refractivity contribution in [3.63, 3.8) is 0 Å². The number of likely N-dealkylation sites (tertiary alicyclic amines) is 1. The Hall–Kier alpha value is -1.16. The second kappa shape index (κ2) is 3.17. The van der Waals surface area contributed by atoms with Crippen LogP contribution in [0.5, 0.6) is 5.88 Å². The summed E-state index contributed by atoms with van der Waals surface area (Å²) >= 11 is 0. The Morgan fingerprint density at radius 2 is 2.20 bits per heavy atom. The van der Waals surface area contributed by atoms with E-state index in [4.69, 9.17) is 4.74 Å². The zero-order chi connectivity index (χ0) is 10.3. The van der Waals surface area contributed by atoms with Gasteiger partial charge in [-0.3, -0.25) is 0 Å². The SMILES string of the molecule is CN1CCC2(CC1)Cc1cncnc1O2. The zero-order valence-corrected chi connectivity index (χ0v) is 8.94. The maximum absolute atomic E-state index is 6.01. The Bertz CT molecular complexity index is 345. The van der Waals surface area contributed by atoms with Crippen LogP contribution in [0.15, 0.2) is 12.5 Å². The lowest BCUT2D eigenvalue weighted by atomic mass is 9.88. The van der Waals surface area contributed by atoms with Crippen molar-refractivity contribution in [2.75, 3.05) is 20.1 Å². The molecule has 3 heterocycles. The average Bonchev–Trinajstić information content (AvgIpc) is 2.61. The maximum atomic E-state index is 6.01. The van der Waals surface area contributed by atoms with E-state index >= 15 is 0 Å². The van der Waals surface area contributed by atoms with E-state index in [1.165, 1.54) is 5.56 Å². The van der Waals surface area contributed by atoms with Gasteiger partial charge in [-0.25, -0.2) is 9.97 Å². The van der Waals surface area contributed by atoms with Crippen LogP contribution >= 0.6 is 0 Å². The Balaban J connectivity index is 1.83. The molecule has 1 aromatic rings. The van der Waals surface area contributed by atoms with Gasteiger partial charge in [-0.15, -0.1) is 0 Å². The molecule has 0 atom stereocenters. The summed E-state index contributed by atoms with van der Waals surface area (Å²) in [6.45, 7) is 2.23. The number of fused-ring (bicyclic) bond motifs is 1. The molecule has 0 saturated carbocycles. The van der Waals surface area contributed by atoms with E-state index in [9.17, 15) is 0 Å². The lowest BCUT2D eigenvalue weighted by molar-refractivity contribution is 0.0242. The van der Waals surface area contributed by atoms with Gasteiger partial charge in [-0.05, 0) is 7.05 Å². The first-order chi connectivity index (χ1) is 7.27. The minimum atomic E-state index is 0.0187. The number of rotatable bonds is 0. The number of hydrogen-bond donors (Lipinski definition) is 0. The first kappa shape index (κ1) is 9.09. The molecule has 2 aliphatic rings. The molecule has 0 bridgehead atoms. The summed E-state index contributed by atoms with van der Waals surface area (Å²) in [4.78, 5) is 10.6. The standard InChI is InChI=1S/C11H15N3O/c1-14-4-2-11(3-5-14)6-9-7-12-8-13-10(9)15-11/h7-8H,2-6H2,1H3. The summed E-state index contributed by atoms with van der Waals surface area (Å²) in [5.41, 5.74) is 1.19. The summed E-state index contributed by atoms with van der Waals surface area (Å²) in [7, 11) is 2.16. The summed E-state index contributed by atoms with van der Waals surface area (Å²) < 4.78 is 6.01. The van der Waals surface area contributed by atoms with Crippen molar-refractivity contribution in [3.05, 3.63) is 18.1 Å². The molecule has 3 rings (SSSR count). The minimum Gasteiger partial charge on any atom is -0.470 e. The molecule has 0 aromatic carbocycles. The third-order valence-electron chi connectivity index (χ3n) is 3.47. The highest BCUT2D eigenvalue weighted by Crippen LogP contribution is 2.38. The highest BCUT2D eigenvalue weighted by atomic mass is 16.5. The van der Waals surface area contributed by atoms with Crippen LogP contribution in [0.2, 0.25) is 0 Å². The maximum Gasteiger partial charge on any atom is 0.220 e. The Labute approximate surface area is 89.3 Å².